The molecule has 174 valence electrons. The average molecular weight is 493 g/mol. The first kappa shape index (κ1) is 23.9. The summed E-state index contributed by atoms with van der Waals surface area (Å²) in [5.74, 6) is -0.166. The zero-order valence-electron chi connectivity index (χ0n) is 17.8. The average Bonchev–Trinajstić information content (AvgIpc) is 2.77. The van der Waals surface area contributed by atoms with Gasteiger partial charge in [0.05, 0.1) is 25.2 Å². The Morgan fingerprint density at radius 3 is 2.03 bits per heavy atom. The van der Waals surface area contributed by atoms with Gasteiger partial charge in [0.15, 0.2) is 9.84 Å². The highest BCUT2D eigenvalue weighted by Gasteiger charge is 2.29. The molecule has 0 radical (unpaired) electrons. The maximum absolute atomic E-state index is 13.2. The Bertz CT molecular complexity index is 1370. The lowest BCUT2D eigenvalue weighted by atomic mass is 10.1. The van der Waals surface area contributed by atoms with Crippen LogP contribution in [-0.4, -0.2) is 53.3 Å². The summed E-state index contributed by atoms with van der Waals surface area (Å²) in [7, 11) is -5.96. The fourth-order valence-electron chi connectivity index (χ4n) is 2.90. The van der Waals surface area contributed by atoms with Crippen molar-refractivity contribution in [3.05, 3.63) is 54.6 Å². The number of carbonyl (C=O) groups is 1. The number of anilines is 1. The van der Waals surface area contributed by atoms with Gasteiger partial charge in [-0.1, -0.05) is 42.5 Å². The van der Waals surface area contributed by atoms with Gasteiger partial charge < -0.3 is 9.47 Å². The normalized spacial score (nSPS) is 11.5. The minimum atomic E-state index is -4.66. The van der Waals surface area contributed by atoms with Crippen LogP contribution < -0.4 is 19.5 Å². The van der Waals surface area contributed by atoms with Gasteiger partial charge in [0.25, 0.3) is 10.0 Å². The minimum absolute atomic E-state index is 0.0637. The van der Waals surface area contributed by atoms with E-state index in [1.54, 1.807) is 30.3 Å². The van der Waals surface area contributed by atoms with E-state index in [9.17, 15) is 21.6 Å². The lowest BCUT2D eigenvalue weighted by molar-refractivity contribution is 0.256. The molecule has 33 heavy (non-hydrogen) atoms. The maximum atomic E-state index is 13.2. The highest BCUT2D eigenvalue weighted by Crippen LogP contribution is 2.32. The Hall–Kier alpha value is -3.71. The number of aromatic nitrogens is 2. The third kappa shape index (κ3) is 5.56. The van der Waals surface area contributed by atoms with Crippen molar-refractivity contribution >= 4 is 31.8 Å². The highest BCUT2D eigenvalue weighted by molar-refractivity contribution is 7.93. The number of carbonyl (C=O) groups excluding carboxylic acids is 1. The summed E-state index contributed by atoms with van der Waals surface area (Å²) in [5.41, 5.74) is 0.558. The molecule has 2 aromatic carbocycles. The van der Waals surface area contributed by atoms with Crippen LogP contribution in [0.3, 0.4) is 0 Å². The first-order chi connectivity index (χ1) is 15.5. The Balaban J connectivity index is 2.03. The fraction of sp³-hybridized carbons (Fsp3) is 0.150. The number of nitrogens with zero attached hydrogens (tertiary/aromatic N) is 2. The Labute approximate surface area is 190 Å². The van der Waals surface area contributed by atoms with E-state index < -0.39 is 35.7 Å². The monoisotopic (exact) mass is 492 g/mol. The van der Waals surface area contributed by atoms with Crippen LogP contribution >= 0.6 is 0 Å². The van der Waals surface area contributed by atoms with E-state index in [2.05, 4.69) is 15.3 Å². The van der Waals surface area contributed by atoms with Crippen molar-refractivity contribution in [2.75, 3.05) is 25.8 Å². The third-order valence-corrected chi connectivity index (χ3v) is 6.98. The van der Waals surface area contributed by atoms with Crippen LogP contribution in [0.5, 0.6) is 11.8 Å². The molecule has 0 spiro atoms. The number of ether oxygens (including phenoxy) is 2. The molecule has 11 nitrogen and oxygen atoms in total. The second-order valence-electron chi connectivity index (χ2n) is 6.61. The van der Waals surface area contributed by atoms with Crippen LogP contribution in [0.1, 0.15) is 0 Å². The molecule has 1 aromatic heterocycles. The van der Waals surface area contributed by atoms with Gasteiger partial charge in [-0.3, -0.25) is 5.32 Å². The fourth-order valence-corrected chi connectivity index (χ4v) is 5.66. The van der Waals surface area contributed by atoms with E-state index in [1.165, 1.54) is 32.4 Å². The predicted molar refractivity (Wildman–Crippen MR) is 119 cm³/mol. The van der Waals surface area contributed by atoms with Gasteiger partial charge in [-0.05, 0) is 11.6 Å². The Morgan fingerprint density at radius 1 is 0.879 bits per heavy atom. The summed E-state index contributed by atoms with van der Waals surface area (Å²) in [6.45, 7) is 0. The number of hydrogen-bond acceptors (Lipinski definition) is 9. The van der Waals surface area contributed by atoms with Crippen LogP contribution in [0, 0.1) is 0 Å². The van der Waals surface area contributed by atoms with Crippen molar-refractivity contribution in [1.82, 2.24) is 14.7 Å². The van der Waals surface area contributed by atoms with Crippen molar-refractivity contribution in [1.29, 1.82) is 0 Å². The Morgan fingerprint density at radius 2 is 1.48 bits per heavy atom. The van der Waals surface area contributed by atoms with Gasteiger partial charge in [-0.25, -0.2) is 26.4 Å². The molecule has 0 fully saturated rings. The van der Waals surface area contributed by atoms with E-state index in [1.807, 2.05) is 4.72 Å². The second kappa shape index (κ2) is 9.42. The number of urea groups is 1. The van der Waals surface area contributed by atoms with Gasteiger partial charge in [0.2, 0.25) is 17.7 Å². The number of sulfone groups is 1. The smallest absolute Gasteiger partial charge is 0.335 e. The Kier molecular flexibility index (Phi) is 6.84. The lowest BCUT2D eigenvalue weighted by Crippen LogP contribution is -2.35. The van der Waals surface area contributed by atoms with Gasteiger partial charge in [-0.15, -0.1) is 0 Å². The zero-order valence-corrected chi connectivity index (χ0v) is 19.4. The number of rotatable bonds is 7. The molecule has 3 rings (SSSR count). The largest absolute Gasteiger partial charge is 0.481 e. The minimum Gasteiger partial charge on any atom is -0.481 e. The molecule has 1 heterocycles. The van der Waals surface area contributed by atoms with E-state index in [4.69, 9.17) is 9.47 Å². The molecule has 0 aliphatic carbocycles. The second-order valence-corrected chi connectivity index (χ2v) is 10.2. The van der Waals surface area contributed by atoms with E-state index in [-0.39, 0.29) is 23.3 Å². The highest BCUT2D eigenvalue weighted by atomic mass is 32.2. The maximum Gasteiger partial charge on any atom is 0.335 e. The predicted octanol–water partition coefficient (Wildman–Crippen LogP) is 2.07. The standard InChI is InChI=1S/C20H20N4O7S2/c1-30-16-12-17(31-2)22-19(21-16)23-20(25)24-33(28,29)18-14(13-8-5-4-6-9-13)10-7-11-15(18)32(3,26)27/h4-12H,1-3H3,(H2,21,22,23,24,25). The summed E-state index contributed by atoms with van der Waals surface area (Å²) in [6, 6.07) is 12.5. The molecule has 0 unspecified atom stereocenters. The summed E-state index contributed by atoms with van der Waals surface area (Å²) < 4.78 is 62.9. The third-order valence-electron chi connectivity index (χ3n) is 4.28. The molecule has 0 saturated heterocycles. The number of nitrogens with one attached hydrogen (secondary N) is 2. The summed E-state index contributed by atoms with van der Waals surface area (Å²) in [4.78, 5) is 19.3. The van der Waals surface area contributed by atoms with Crippen molar-refractivity contribution in [3.63, 3.8) is 0 Å². The molecule has 0 atom stereocenters. The number of methoxy groups -OCH3 is 2. The van der Waals surface area contributed by atoms with Gasteiger partial charge in [-0.2, -0.15) is 9.97 Å². The van der Waals surface area contributed by atoms with Crippen LogP contribution in [0.2, 0.25) is 0 Å². The lowest BCUT2D eigenvalue weighted by Gasteiger charge is -2.15. The molecule has 0 aliphatic heterocycles. The van der Waals surface area contributed by atoms with Crippen molar-refractivity contribution < 1.29 is 31.1 Å². The molecule has 13 heteroatoms. The molecular formula is C20H20N4O7S2. The van der Waals surface area contributed by atoms with Crippen LogP contribution in [0.15, 0.2) is 64.4 Å². The number of benzene rings is 2. The van der Waals surface area contributed by atoms with Gasteiger partial charge in [0, 0.05) is 11.8 Å². The van der Waals surface area contributed by atoms with Crippen LogP contribution in [0.4, 0.5) is 10.7 Å². The van der Waals surface area contributed by atoms with Crippen LogP contribution in [0.25, 0.3) is 11.1 Å². The number of sulfonamides is 1. The first-order valence-electron chi connectivity index (χ1n) is 9.24. The topological polar surface area (TPSA) is 154 Å². The van der Waals surface area contributed by atoms with Crippen molar-refractivity contribution in [3.8, 4) is 22.9 Å². The zero-order chi connectivity index (χ0) is 24.2. The van der Waals surface area contributed by atoms with Crippen LogP contribution in [-0.2, 0) is 19.9 Å². The first-order valence-corrected chi connectivity index (χ1v) is 12.6. The molecule has 2 N–H and O–H groups in total. The number of hydrogen-bond donors (Lipinski definition) is 2. The van der Waals surface area contributed by atoms with E-state index in [0.717, 1.165) is 12.3 Å². The molecule has 0 bridgehead atoms. The molecular weight excluding hydrogens is 472 g/mol. The SMILES string of the molecule is COc1cc(OC)nc(NC(=O)NS(=O)(=O)c2c(-c3ccccc3)cccc2S(C)(=O)=O)n1. The molecule has 3 aromatic rings. The summed E-state index contributed by atoms with van der Waals surface area (Å²) in [6.07, 6.45) is 0.882. The summed E-state index contributed by atoms with van der Waals surface area (Å²) in [5, 5.41) is 2.17. The van der Waals surface area contributed by atoms with Crippen molar-refractivity contribution in [2.45, 2.75) is 9.79 Å². The molecule has 2 amide bonds. The van der Waals surface area contributed by atoms with Gasteiger partial charge in [0.1, 0.15) is 4.90 Å². The number of amides is 2. The molecule has 0 aliphatic rings. The van der Waals surface area contributed by atoms with E-state index in [0.29, 0.717) is 5.56 Å². The molecule has 0 saturated carbocycles. The van der Waals surface area contributed by atoms with E-state index >= 15 is 0 Å². The van der Waals surface area contributed by atoms with Gasteiger partial charge >= 0.3 is 6.03 Å². The van der Waals surface area contributed by atoms with Crippen molar-refractivity contribution in [2.24, 2.45) is 0 Å². The summed E-state index contributed by atoms with van der Waals surface area (Å²) >= 11 is 0. The quantitative estimate of drug-likeness (QED) is 0.504.